The number of primary amides is 1. The first kappa shape index (κ1) is 13.9. The predicted octanol–water partition coefficient (Wildman–Crippen LogP) is 2.14. The Morgan fingerprint density at radius 3 is 2.68 bits per heavy atom. The Balaban J connectivity index is 2.08. The standard InChI is InChI=1S/C16H15N5O/c1-9-12(3-4-13(21-9)16(17)22)10-5-11-8-20-15(18-2)6-14(11)19-7-10/h3-8H,1-2H3,(H2,17,22)(H,18,20). The molecule has 0 aliphatic carbocycles. The van der Waals surface area contributed by atoms with Crippen LogP contribution in [0.5, 0.6) is 0 Å². The Morgan fingerprint density at radius 2 is 2.00 bits per heavy atom. The maximum Gasteiger partial charge on any atom is 0.267 e. The highest BCUT2D eigenvalue weighted by Gasteiger charge is 2.09. The van der Waals surface area contributed by atoms with Gasteiger partial charge >= 0.3 is 0 Å². The molecule has 1 amide bonds. The van der Waals surface area contributed by atoms with Crippen molar-refractivity contribution in [2.75, 3.05) is 12.4 Å². The van der Waals surface area contributed by atoms with Crippen molar-refractivity contribution in [2.45, 2.75) is 6.92 Å². The van der Waals surface area contributed by atoms with Gasteiger partial charge in [-0.25, -0.2) is 9.97 Å². The number of carbonyl (C=O) groups excluding carboxylic acids is 1. The summed E-state index contributed by atoms with van der Waals surface area (Å²) in [7, 11) is 1.82. The van der Waals surface area contributed by atoms with E-state index in [0.717, 1.165) is 33.5 Å². The summed E-state index contributed by atoms with van der Waals surface area (Å²) < 4.78 is 0. The molecular formula is C16H15N5O. The fraction of sp³-hybridized carbons (Fsp3) is 0.125. The number of pyridine rings is 3. The van der Waals surface area contributed by atoms with Crippen LogP contribution in [0.3, 0.4) is 0 Å². The van der Waals surface area contributed by atoms with Gasteiger partial charge in [-0.05, 0) is 19.1 Å². The number of fused-ring (bicyclic) bond motifs is 1. The van der Waals surface area contributed by atoms with E-state index in [4.69, 9.17) is 5.73 Å². The van der Waals surface area contributed by atoms with Crippen molar-refractivity contribution in [1.82, 2.24) is 15.0 Å². The fourth-order valence-electron chi connectivity index (χ4n) is 2.31. The first-order valence-corrected chi connectivity index (χ1v) is 6.80. The third kappa shape index (κ3) is 2.46. The van der Waals surface area contributed by atoms with Crippen LogP contribution in [-0.4, -0.2) is 27.9 Å². The maximum absolute atomic E-state index is 11.2. The number of rotatable bonds is 3. The number of hydrogen-bond donors (Lipinski definition) is 2. The van der Waals surface area contributed by atoms with Gasteiger partial charge in [0.2, 0.25) is 0 Å². The van der Waals surface area contributed by atoms with E-state index in [1.807, 2.05) is 32.2 Å². The van der Waals surface area contributed by atoms with Crippen molar-refractivity contribution in [3.8, 4) is 11.1 Å². The molecule has 0 atom stereocenters. The smallest absolute Gasteiger partial charge is 0.267 e. The van der Waals surface area contributed by atoms with Gasteiger partial charge in [0.25, 0.3) is 5.91 Å². The van der Waals surface area contributed by atoms with Gasteiger partial charge in [-0.15, -0.1) is 0 Å². The van der Waals surface area contributed by atoms with Crippen LogP contribution >= 0.6 is 0 Å². The number of aryl methyl sites for hydroxylation is 1. The van der Waals surface area contributed by atoms with Gasteiger partial charge in [-0.3, -0.25) is 9.78 Å². The molecule has 3 heterocycles. The average Bonchev–Trinajstić information content (AvgIpc) is 2.53. The summed E-state index contributed by atoms with van der Waals surface area (Å²) in [6, 6.07) is 7.35. The lowest BCUT2D eigenvalue weighted by molar-refractivity contribution is 0.0995. The molecule has 0 spiro atoms. The molecule has 0 bridgehead atoms. The van der Waals surface area contributed by atoms with Crippen LogP contribution in [0.25, 0.3) is 22.0 Å². The number of nitrogens with zero attached hydrogens (tertiary/aromatic N) is 3. The van der Waals surface area contributed by atoms with Crippen LogP contribution in [0.15, 0.2) is 36.7 Å². The molecule has 0 fully saturated rings. The van der Waals surface area contributed by atoms with E-state index < -0.39 is 5.91 Å². The summed E-state index contributed by atoms with van der Waals surface area (Å²) in [5, 5.41) is 3.93. The molecule has 0 saturated heterocycles. The van der Waals surface area contributed by atoms with Crippen LogP contribution in [0, 0.1) is 6.92 Å². The topological polar surface area (TPSA) is 93.8 Å². The highest BCUT2D eigenvalue weighted by molar-refractivity contribution is 5.91. The minimum Gasteiger partial charge on any atom is -0.373 e. The number of amides is 1. The normalized spacial score (nSPS) is 10.6. The van der Waals surface area contributed by atoms with Gasteiger partial charge in [0.1, 0.15) is 11.5 Å². The molecule has 6 heteroatoms. The van der Waals surface area contributed by atoms with Crippen LogP contribution < -0.4 is 11.1 Å². The van der Waals surface area contributed by atoms with Gasteiger partial charge in [0, 0.05) is 47.7 Å². The molecule has 0 aliphatic rings. The summed E-state index contributed by atoms with van der Waals surface area (Å²) in [4.78, 5) is 24.2. The highest BCUT2D eigenvalue weighted by atomic mass is 16.1. The first-order chi connectivity index (χ1) is 10.6. The molecule has 0 unspecified atom stereocenters. The zero-order valence-corrected chi connectivity index (χ0v) is 12.3. The van der Waals surface area contributed by atoms with Crippen LogP contribution in [0.2, 0.25) is 0 Å². The van der Waals surface area contributed by atoms with Crippen molar-refractivity contribution in [2.24, 2.45) is 5.73 Å². The molecular weight excluding hydrogens is 278 g/mol. The summed E-state index contributed by atoms with van der Waals surface area (Å²) in [5.74, 6) is 0.242. The zero-order valence-electron chi connectivity index (χ0n) is 12.3. The van der Waals surface area contributed by atoms with Crippen LogP contribution in [0.4, 0.5) is 5.82 Å². The van der Waals surface area contributed by atoms with Crippen molar-refractivity contribution in [3.63, 3.8) is 0 Å². The lowest BCUT2D eigenvalue weighted by Crippen LogP contribution is -2.13. The monoisotopic (exact) mass is 293 g/mol. The molecule has 3 aromatic rings. The van der Waals surface area contributed by atoms with Crippen molar-refractivity contribution in [1.29, 1.82) is 0 Å². The Kier molecular flexibility index (Phi) is 3.42. The average molecular weight is 293 g/mol. The van der Waals surface area contributed by atoms with E-state index in [1.54, 1.807) is 18.5 Å². The van der Waals surface area contributed by atoms with Gasteiger partial charge in [0.15, 0.2) is 0 Å². The molecule has 0 saturated carbocycles. The van der Waals surface area contributed by atoms with E-state index in [2.05, 4.69) is 20.3 Å². The number of nitrogens with two attached hydrogens (primary N) is 1. The molecule has 3 rings (SSSR count). The predicted molar refractivity (Wildman–Crippen MR) is 85.6 cm³/mol. The van der Waals surface area contributed by atoms with Crippen molar-refractivity contribution in [3.05, 3.63) is 48.0 Å². The summed E-state index contributed by atoms with van der Waals surface area (Å²) >= 11 is 0. The number of hydrogen-bond acceptors (Lipinski definition) is 5. The molecule has 0 aliphatic heterocycles. The quantitative estimate of drug-likeness (QED) is 0.771. The van der Waals surface area contributed by atoms with E-state index in [0.29, 0.717) is 0 Å². The highest BCUT2D eigenvalue weighted by Crippen LogP contribution is 2.25. The Morgan fingerprint density at radius 1 is 1.18 bits per heavy atom. The zero-order chi connectivity index (χ0) is 15.7. The van der Waals surface area contributed by atoms with Crippen molar-refractivity contribution < 1.29 is 4.79 Å². The van der Waals surface area contributed by atoms with E-state index >= 15 is 0 Å². The van der Waals surface area contributed by atoms with E-state index in [9.17, 15) is 4.79 Å². The molecule has 3 aromatic heterocycles. The molecule has 6 nitrogen and oxygen atoms in total. The first-order valence-electron chi connectivity index (χ1n) is 6.80. The summed E-state index contributed by atoms with van der Waals surface area (Å²) in [6.07, 6.45) is 3.56. The maximum atomic E-state index is 11.2. The minimum absolute atomic E-state index is 0.260. The number of anilines is 1. The van der Waals surface area contributed by atoms with E-state index in [-0.39, 0.29) is 5.69 Å². The number of carbonyl (C=O) groups is 1. The molecule has 3 N–H and O–H groups in total. The van der Waals surface area contributed by atoms with Crippen LogP contribution in [0.1, 0.15) is 16.2 Å². The summed E-state index contributed by atoms with van der Waals surface area (Å²) in [5.41, 5.74) is 8.94. The number of nitrogens with one attached hydrogen (secondary N) is 1. The van der Waals surface area contributed by atoms with Gasteiger partial charge < -0.3 is 11.1 Å². The van der Waals surface area contributed by atoms with Gasteiger partial charge in [-0.1, -0.05) is 6.07 Å². The van der Waals surface area contributed by atoms with Crippen molar-refractivity contribution >= 4 is 22.6 Å². The fourth-order valence-corrected chi connectivity index (χ4v) is 2.31. The number of aromatic nitrogens is 3. The third-order valence-electron chi connectivity index (χ3n) is 3.47. The van der Waals surface area contributed by atoms with E-state index in [1.165, 1.54) is 0 Å². The lowest BCUT2D eigenvalue weighted by Gasteiger charge is -2.08. The second-order valence-corrected chi connectivity index (χ2v) is 4.93. The Bertz CT molecular complexity index is 876. The molecule has 0 radical (unpaired) electrons. The SMILES string of the molecule is CNc1cc2ncc(-c3ccc(C(N)=O)nc3C)cc2cn1. The Labute approximate surface area is 127 Å². The van der Waals surface area contributed by atoms with Gasteiger partial charge in [0.05, 0.1) is 5.52 Å². The van der Waals surface area contributed by atoms with Crippen LogP contribution in [-0.2, 0) is 0 Å². The largest absolute Gasteiger partial charge is 0.373 e. The molecule has 110 valence electrons. The molecule has 22 heavy (non-hydrogen) atoms. The summed E-state index contributed by atoms with van der Waals surface area (Å²) in [6.45, 7) is 1.84. The minimum atomic E-state index is -0.532. The Hall–Kier alpha value is -3.02. The van der Waals surface area contributed by atoms with Gasteiger partial charge in [-0.2, -0.15) is 0 Å². The molecule has 0 aromatic carbocycles. The second kappa shape index (κ2) is 5.40. The second-order valence-electron chi connectivity index (χ2n) is 4.93. The lowest BCUT2D eigenvalue weighted by atomic mass is 10.0. The third-order valence-corrected chi connectivity index (χ3v) is 3.47.